The Morgan fingerprint density at radius 2 is 2.09 bits per heavy atom. The number of sulfonamides is 1. The summed E-state index contributed by atoms with van der Waals surface area (Å²) in [7, 11) is -3.74. The highest BCUT2D eigenvalue weighted by Crippen LogP contribution is 2.20. The van der Waals surface area contributed by atoms with E-state index in [0.29, 0.717) is 19.6 Å². The molecule has 0 saturated carbocycles. The average molecular weight is 325 g/mol. The summed E-state index contributed by atoms with van der Waals surface area (Å²) in [6.45, 7) is 3.29. The van der Waals surface area contributed by atoms with Gasteiger partial charge in [0.1, 0.15) is 10.5 Å². The predicted octanol–water partition coefficient (Wildman–Crippen LogP) is -1.41. The van der Waals surface area contributed by atoms with E-state index in [1.807, 2.05) is 6.92 Å². The van der Waals surface area contributed by atoms with Crippen LogP contribution < -0.4 is 16.6 Å². The number of rotatable bonds is 2. The van der Waals surface area contributed by atoms with Crippen LogP contribution in [0.15, 0.2) is 26.7 Å². The number of aromatic amines is 2. The molecule has 1 aliphatic heterocycles. The Labute approximate surface area is 125 Å². The molecule has 10 heteroatoms. The van der Waals surface area contributed by atoms with Gasteiger partial charge in [-0.15, -0.1) is 0 Å². The molecule has 0 aliphatic carbocycles. The molecule has 1 unspecified atom stereocenters. The molecule has 0 amide bonds. The average Bonchev–Trinajstić information content (AvgIpc) is 2.47. The highest BCUT2D eigenvalue weighted by Gasteiger charge is 2.31. The van der Waals surface area contributed by atoms with E-state index in [9.17, 15) is 18.0 Å². The standard InChI is InChI=1S/C12H15N5O4S/c1-7-5-13-2-3-17(7)22(20,21)8-4-9-10(14-6-8)15-12(19)16-11(9)18/h4,6-7,13H,2-3,5H2,1H3,(H2,14,15,16,18,19). The highest BCUT2D eigenvalue weighted by atomic mass is 32.2. The molecule has 118 valence electrons. The number of nitrogens with one attached hydrogen (secondary N) is 3. The largest absolute Gasteiger partial charge is 0.327 e. The third-order valence-electron chi connectivity index (χ3n) is 3.61. The molecule has 22 heavy (non-hydrogen) atoms. The number of aromatic nitrogens is 3. The third kappa shape index (κ3) is 2.45. The molecule has 0 spiro atoms. The van der Waals surface area contributed by atoms with Crippen molar-refractivity contribution in [1.82, 2.24) is 24.6 Å². The van der Waals surface area contributed by atoms with Crippen LogP contribution in [0.25, 0.3) is 11.0 Å². The van der Waals surface area contributed by atoms with Crippen LogP contribution in [0.4, 0.5) is 0 Å². The van der Waals surface area contributed by atoms with Crippen molar-refractivity contribution in [3.8, 4) is 0 Å². The highest BCUT2D eigenvalue weighted by molar-refractivity contribution is 7.89. The maximum absolute atomic E-state index is 12.7. The maximum Gasteiger partial charge on any atom is 0.327 e. The predicted molar refractivity (Wildman–Crippen MR) is 79.2 cm³/mol. The number of nitrogens with zero attached hydrogens (tertiary/aromatic N) is 2. The quantitative estimate of drug-likeness (QED) is 0.622. The Kier molecular flexibility index (Phi) is 3.59. The summed E-state index contributed by atoms with van der Waals surface area (Å²) < 4.78 is 26.8. The molecule has 2 aromatic rings. The molecule has 0 radical (unpaired) electrons. The van der Waals surface area contributed by atoms with Crippen LogP contribution >= 0.6 is 0 Å². The van der Waals surface area contributed by atoms with Gasteiger partial charge >= 0.3 is 5.69 Å². The van der Waals surface area contributed by atoms with E-state index < -0.39 is 21.3 Å². The molecule has 0 aromatic carbocycles. The van der Waals surface area contributed by atoms with E-state index >= 15 is 0 Å². The summed E-state index contributed by atoms with van der Waals surface area (Å²) in [5.41, 5.74) is -1.30. The lowest BCUT2D eigenvalue weighted by molar-refractivity contribution is 0.284. The van der Waals surface area contributed by atoms with Crippen LogP contribution in [0.5, 0.6) is 0 Å². The van der Waals surface area contributed by atoms with Gasteiger partial charge in [0.25, 0.3) is 5.56 Å². The first-order valence-corrected chi connectivity index (χ1v) is 8.18. The number of fused-ring (bicyclic) bond motifs is 1. The van der Waals surface area contributed by atoms with E-state index in [-0.39, 0.29) is 22.0 Å². The topological polar surface area (TPSA) is 128 Å². The summed E-state index contributed by atoms with van der Waals surface area (Å²) >= 11 is 0. The van der Waals surface area contributed by atoms with Gasteiger partial charge < -0.3 is 5.32 Å². The number of H-pyrrole nitrogens is 2. The molecular weight excluding hydrogens is 310 g/mol. The lowest BCUT2D eigenvalue weighted by Crippen LogP contribution is -2.52. The van der Waals surface area contributed by atoms with Crippen molar-refractivity contribution in [3.63, 3.8) is 0 Å². The molecule has 0 bridgehead atoms. The zero-order valence-corrected chi connectivity index (χ0v) is 12.6. The van der Waals surface area contributed by atoms with Crippen LogP contribution in [0.2, 0.25) is 0 Å². The molecule has 3 heterocycles. The molecule has 1 aliphatic rings. The van der Waals surface area contributed by atoms with Crippen molar-refractivity contribution in [3.05, 3.63) is 33.1 Å². The van der Waals surface area contributed by atoms with E-state index in [0.717, 1.165) is 6.20 Å². The molecule has 1 fully saturated rings. The second-order valence-electron chi connectivity index (χ2n) is 5.14. The molecule has 9 nitrogen and oxygen atoms in total. The number of hydrogen-bond acceptors (Lipinski definition) is 6. The van der Waals surface area contributed by atoms with Crippen molar-refractivity contribution in [2.75, 3.05) is 19.6 Å². The van der Waals surface area contributed by atoms with Crippen LogP contribution in [-0.2, 0) is 10.0 Å². The fourth-order valence-electron chi connectivity index (χ4n) is 2.48. The van der Waals surface area contributed by atoms with Gasteiger partial charge in [0.2, 0.25) is 10.0 Å². The lowest BCUT2D eigenvalue weighted by atomic mass is 10.3. The fourth-order valence-corrected chi connectivity index (χ4v) is 4.09. The monoisotopic (exact) mass is 325 g/mol. The Hall–Kier alpha value is -2.04. The first-order chi connectivity index (χ1) is 10.4. The number of hydrogen-bond donors (Lipinski definition) is 3. The van der Waals surface area contributed by atoms with Gasteiger partial charge in [-0.3, -0.25) is 14.8 Å². The number of pyridine rings is 1. The van der Waals surface area contributed by atoms with Crippen molar-refractivity contribution in [1.29, 1.82) is 0 Å². The van der Waals surface area contributed by atoms with Crippen molar-refractivity contribution >= 4 is 21.1 Å². The van der Waals surface area contributed by atoms with Crippen LogP contribution in [0.3, 0.4) is 0 Å². The van der Waals surface area contributed by atoms with Crippen LogP contribution in [0, 0.1) is 0 Å². The Bertz CT molecular complexity index is 932. The third-order valence-corrected chi connectivity index (χ3v) is 5.59. The van der Waals surface area contributed by atoms with E-state index in [1.165, 1.54) is 10.4 Å². The van der Waals surface area contributed by atoms with E-state index in [4.69, 9.17) is 0 Å². The summed E-state index contributed by atoms with van der Waals surface area (Å²) in [4.78, 5) is 31.2. The Morgan fingerprint density at radius 3 is 2.82 bits per heavy atom. The van der Waals surface area contributed by atoms with Crippen LogP contribution in [0.1, 0.15) is 6.92 Å². The SMILES string of the molecule is CC1CNCCN1S(=O)(=O)c1cnc2[nH]c(=O)[nH]c(=O)c2c1. The van der Waals surface area contributed by atoms with Gasteiger partial charge in [-0.25, -0.2) is 18.2 Å². The normalized spacial score (nSPS) is 20.3. The second-order valence-corrected chi connectivity index (χ2v) is 7.03. The minimum absolute atomic E-state index is 0.0310. The minimum Gasteiger partial charge on any atom is -0.314 e. The molecule has 3 rings (SSSR count). The van der Waals surface area contributed by atoms with Crippen molar-refractivity contribution in [2.45, 2.75) is 17.9 Å². The van der Waals surface area contributed by atoms with Gasteiger partial charge in [-0.05, 0) is 13.0 Å². The summed E-state index contributed by atoms with van der Waals surface area (Å²) in [6.07, 6.45) is 1.15. The van der Waals surface area contributed by atoms with Crippen LogP contribution in [-0.4, -0.2) is 53.4 Å². The van der Waals surface area contributed by atoms with Crippen molar-refractivity contribution in [2.24, 2.45) is 0 Å². The Morgan fingerprint density at radius 1 is 1.32 bits per heavy atom. The molecule has 3 N–H and O–H groups in total. The fraction of sp³-hybridized carbons (Fsp3) is 0.417. The first kappa shape index (κ1) is 14.9. The molecule has 2 aromatic heterocycles. The van der Waals surface area contributed by atoms with Gasteiger partial charge in [0.05, 0.1) is 5.39 Å². The Balaban J connectivity index is 2.13. The molecule has 1 saturated heterocycles. The maximum atomic E-state index is 12.7. The van der Waals surface area contributed by atoms with Gasteiger partial charge in [-0.1, -0.05) is 0 Å². The molecule has 1 atom stereocenters. The van der Waals surface area contributed by atoms with E-state index in [1.54, 1.807) is 0 Å². The molecular formula is C12H15N5O4S. The number of piperazine rings is 1. The lowest BCUT2D eigenvalue weighted by Gasteiger charge is -2.32. The first-order valence-electron chi connectivity index (χ1n) is 6.74. The summed E-state index contributed by atoms with van der Waals surface area (Å²) in [5, 5.41) is 3.15. The smallest absolute Gasteiger partial charge is 0.314 e. The van der Waals surface area contributed by atoms with Gasteiger partial charge in [0, 0.05) is 31.9 Å². The summed E-state index contributed by atoms with van der Waals surface area (Å²) in [5.74, 6) is 0. The van der Waals surface area contributed by atoms with Crippen molar-refractivity contribution < 1.29 is 8.42 Å². The van der Waals surface area contributed by atoms with E-state index in [2.05, 4.69) is 20.3 Å². The van der Waals surface area contributed by atoms with Gasteiger partial charge in [0.15, 0.2) is 0 Å². The second kappa shape index (κ2) is 5.30. The zero-order valence-electron chi connectivity index (χ0n) is 11.8. The minimum atomic E-state index is -3.74. The summed E-state index contributed by atoms with van der Waals surface area (Å²) in [6, 6.07) is 1.05. The zero-order chi connectivity index (χ0) is 15.9. The van der Waals surface area contributed by atoms with Gasteiger partial charge in [-0.2, -0.15) is 4.31 Å².